The Morgan fingerprint density at radius 3 is 2.33 bits per heavy atom. The first-order valence-electron chi connectivity index (χ1n) is 11.4. The Balaban J connectivity index is 1.81. The fourth-order valence-corrected chi connectivity index (χ4v) is 3.87. The molecule has 3 heterocycles. The molecule has 0 atom stereocenters. The van der Waals surface area contributed by atoms with E-state index in [9.17, 15) is 9.18 Å². The maximum Gasteiger partial charge on any atom is 0.420 e. The molecule has 1 amide bonds. The van der Waals surface area contributed by atoms with Gasteiger partial charge >= 0.3 is 6.09 Å². The second-order valence-electron chi connectivity index (χ2n) is 9.16. The molecule has 36 heavy (non-hydrogen) atoms. The van der Waals surface area contributed by atoms with Crippen LogP contribution in [0.25, 0.3) is 28.0 Å². The summed E-state index contributed by atoms with van der Waals surface area (Å²) in [5.74, 6) is -0.0744. The van der Waals surface area contributed by atoms with E-state index in [0.717, 1.165) is 11.1 Å². The first-order chi connectivity index (χ1) is 17.3. The number of fused-ring (bicyclic) bond motifs is 1. The molecular formula is C28H24FN5O2. The molecule has 5 rings (SSSR count). The largest absolute Gasteiger partial charge is 0.443 e. The number of aromatic nitrogens is 4. The summed E-state index contributed by atoms with van der Waals surface area (Å²) in [5.41, 5.74) is 2.54. The van der Waals surface area contributed by atoms with Gasteiger partial charge in [-0.2, -0.15) is 9.61 Å². The van der Waals surface area contributed by atoms with E-state index in [1.54, 1.807) is 80.3 Å². The maximum absolute atomic E-state index is 14.9. The number of ether oxygens (including phenoxy) is 1. The van der Waals surface area contributed by atoms with Gasteiger partial charge in [0.05, 0.1) is 17.6 Å². The van der Waals surface area contributed by atoms with E-state index in [1.807, 2.05) is 30.3 Å². The van der Waals surface area contributed by atoms with Gasteiger partial charge in [0.25, 0.3) is 0 Å². The standard InChI is InChI=1S/C28H24FN5O2/c1-28(2,3)36-27(35)33(20-13-15-30-16-14-20)25-17-24(21-11-7-8-12-23(21)29)32-26-22(18-31-34(25)26)19-9-5-4-6-10-19/h4-18H,1-3H3. The Morgan fingerprint density at radius 1 is 0.944 bits per heavy atom. The third kappa shape index (κ3) is 4.53. The molecule has 0 bridgehead atoms. The molecule has 180 valence electrons. The van der Waals surface area contributed by atoms with Crippen molar-refractivity contribution >= 4 is 23.2 Å². The zero-order valence-electron chi connectivity index (χ0n) is 20.1. The Kier molecular flexibility index (Phi) is 5.93. The predicted octanol–water partition coefficient (Wildman–Crippen LogP) is 6.67. The summed E-state index contributed by atoms with van der Waals surface area (Å²) in [7, 11) is 0. The van der Waals surface area contributed by atoms with Gasteiger partial charge in [-0.3, -0.25) is 4.98 Å². The summed E-state index contributed by atoms with van der Waals surface area (Å²) in [6.07, 6.45) is 4.24. The molecule has 0 aliphatic carbocycles. The molecule has 8 heteroatoms. The number of hydrogen-bond acceptors (Lipinski definition) is 5. The lowest BCUT2D eigenvalue weighted by molar-refractivity contribution is 0.0597. The summed E-state index contributed by atoms with van der Waals surface area (Å²) in [6.45, 7) is 5.39. The van der Waals surface area contributed by atoms with Gasteiger partial charge in [0.15, 0.2) is 5.65 Å². The summed E-state index contributed by atoms with van der Waals surface area (Å²) in [6, 6.07) is 21.1. The van der Waals surface area contributed by atoms with Crippen LogP contribution in [0.2, 0.25) is 0 Å². The van der Waals surface area contributed by atoms with E-state index in [-0.39, 0.29) is 0 Å². The highest BCUT2D eigenvalue weighted by molar-refractivity contribution is 5.96. The zero-order valence-corrected chi connectivity index (χ0v) is 20.1. The van der Waals surface area contributed by atoms with Crippen LogP contribution in [0.15, 0.2) is 91.4 Å². The molecule has 0 spiro atoms. The molecule has 0 saturated heterocycles. The van der Waals surface area contributed by atoms with Gasteiger partial charge in [-0.05, 0) is 50.6 Å². The molecule has 3 aromatic heterocycles. The van der Waals surface area contributed by atoms with E-state index >= 15 is 0 Å². The van der Waals surface area contributed by atoms with Crippen molar-refractivity contribution in [2.75, 3.05) is 4.90 Å². The summed E-state index contributed by atoms with van der Waals surface area (Å²) < 4.78 is 22.2. The van der Waals surface area contributed by atoms with Crippen molar-refractivity contribution in [1.29, 1.82) is 0 Å². The van der Waals surface area contributed by atoms with E-state index in [1.165, 1.54) is 11.0 Å². The third-order valence-corrected chi connectivity index (χ3v) is 5.41. The van der Waals surface area contributed by atoms with Gasteiger partial charge in [0, 0.05) is 29.6 Å². The maximum atomic E-state index is 14.9. The molecule has 0 fully saturated rings. The summed E-state index contributed by atoms with van der Waals surface area (Å²) in [5, 5.41) is 4.57. The lowest BCUT2D eigenvalue weighted by Gasteiger charge is -2.27. The fraction of sp³-hybridized carbons (Fsp3) is 0.143. The lowest BCUT2D eigenvalue weighted by atomic mass is 10.1. The minimum absolute atomic E-state index is 0.306. The number of anilines is 2. The van der Waals surface area contributed by atoms with Crippen LogP contribution in [-0.4, -0.2) is 31.3 Å². The van der Waals surface area contributed by atoms with Crippen LogP contribution in [0, 0.1) is 5.82 Å². The van der Waals surface area contributed by atoms with Crippen LogP contribution in [0.4, 0.5) is 20.7 Å². The minimum Gasteiger partial charge on any atom is -0.443 e. The average Bonchev–Trinajstić information content (AvgIpc) is 3.29. The first kappa shape index (κ1) is 23.2. The van der Waals surface area contributed by atoms with E-state index in [4.69, 9.17) is 9.72 Å². The van der Waals surface area contributed by atoms with Gasteiger partial charge in [0.1, 0.15) is 17.2 Å². The van der Waals surface area contributed by atoms with Gasteiger partial charge < -0.3 is 4.74 Å². The molecule has 0 unspecified atom stereocenters. The molecule has 7 nitrogen and oxygen atoms in total. The van der Waals surface area contributed by atoms with Crippen molar-refractivity contribution in [2.45, 2.75) is 26.4 Å². The van der Waals surface area contributed by atoms with Crippen molar-refractivity contribution in [1.82, 2.24) is 19.6 Å². The number of carbonyl (C=O) groups is 1. The van der Waals surface area contributed by atoms with Crippen LogP contribution in [-0.2, 0) is 4.74 Å². The monoisotopic (exact) mass is 481 g/mol. The fourth-order valence-electron chi connectivity index (χ4n) is 3.87. The van der Waals surface area contributed by atoms with Gasteiger partial charge in [0.2, 0.25) is 0 Å². The van der Waals surface area contributed by atoms with Crippen LogP contribution < -0.4 is 4.90 Å². The number of carbonyl (C=O) groups excluding carboxylic acids is 1. The highest BCUT2D eigenvalue weighted by atomic mass is 19.1. The quantitative estimate of drug-likeness (QED) is 0.287. The zero-order chi connectivity index (χ0) is 25.3. The second kappa shape index (κ2) is 9.22. The Bertz CT molecular complexity index is 1530. The average molecular weight is 482 g/mol. The molecular weight excluding hydrogens is 457 g/mol. The number of nitrogens with zero attached hydrogens (tertiary/aromatic N) is 5. The summed E-state index contributed by atoms with van der Waals surface area (Å²) in [4.78, 5) is 23.8. The van der Waals surface area contributed by atoms with Crippen molar-refractivity contribution in [2.24, 2.45) is 0 Å². The summed E-state index contributed by atoms with van der Waals surface area (Å²) >= 11 is 0. The number of hydrogen-bond donors (Lipinski definition) is 0. The predicted molar refractivity (Wildman–Crippen MR) is 136 cm³/mol. The Morgan fingerprint density at radius 2 is 1.64 bits per heavy atom. The molecule has 2 aromatic carbocycles. The van der Waals surface area contributed by atoms with Crippen LogP contribution >= 0.6 is 0 Å². The normalized spacial score (nSPS) is 11.4. The van der Waals surface area contributed by atoms with Gasteiger partial charge in [-0.25, -0.2) is 19.1 Å². The molecule has 0 aliphatic rings. The van der Waals surface area contributed by atoms with Crippen LogP contribution in [0.5, 0.6) is 0 Å². The van der Waals surface area contributed by atoms with Gasteiger partial charge in [-0.15, -0.1) is 0 Å². The second-order valence-corrected chi connectivity index (χ2v) is 9.16. The van der Waals surface area contributed by atoms with E-state index in [2.05, 4.69) is 10.1 Å². The Hall–Kier alpha value is -4.59. The molecule has 0 saturated carbocycles. The number of rotatable bonds is 4. The van der Waals surface area contributed by atoms with Crippen molar-refractivity contribution in [3.8, 4) is 22.4 Å². The smallest absolute Gasteiger partial charge is 0.420 e. The van der Waals surface area contributed by atoms with Crippen molar-refractivity contribution < 1.29 is 13.9 Å². The number of halogens is 1. The Labute approximate surface area is 207 Å². The molecule has 0 radical (unpaired) electrons. The third-order valence-electron chi connectivity index (χ3n) is 5.41. The van der Waals surface area contributed by atoms with Crippen molar-refractivity contribution in [3.05, 3.63) is 97.2 Å². The first-order valence-corrected chi connectivity index (χ1v) is 11.4. The molecule has 0 N–H and O–H groups in total. The minimum atomic E-state index is -0.748. The molecule has 0 aliphatic heterocycles. The SMILES string of the molecule is CC(C)(C)OC(=O)N(c1ccncc1)c1cc(-c2ccccc2F)nc2c(-c3ccccc3)cnn12. The number of amides is 1. The number of benzene rings is 2. The van der Waals surface area contributed by atoms with Crippen LogP contribution in [0.1, 0.15) is 20.8 Å². The topological polar surface area (TPSA) is 72.6 Å². The lowest BCUT2D eigenvalue weighted by Crippen LogP contribution is -2.35. The van der Waals surface area contributed by atoms with E-state index < -0.39 is 17.5 Å². The van der Waals surface area contributed by atoms with Crippen LogP contribution in [0.3, 0.4) is 0 Å². The van der Waals surface area contributed by atoms with Gasteiger partial charge in [-0.1, -0.05) is 42.5 Å². The highest BCUT2D eigenvalue weighted by Crippen LogP contribution is 2.34. The molecule has 5 aromatic rings. The van der Waals surface area contributed by atoms with Crippen molar-refractivity contribution in [3.63, 3.8) is 0 Å². The number of pyridine rings is 1. The highest BCUT2D eigenvalue weighted by Gasteiger charge is 2.29. The van der Waals surface area contributed by atoms with E-state index in [0.29, 0.717) is 28.4 Å².